The third-order valence-electron chi connectivity index (χ3n) is 6.39. The van der Waals surface area contributed by atoms with Crippen LogP contribution in [0.3, 0.4) is 0 Å². The molecule has 0 aliphatic carbocycles. The number of Topliss-reactive ketones (excluding diaryl/α,β-unsaturated/α-hetero) is 1. The molecule has 1 saturated heterocycles. The van der Waals surface area contributed by atoms with Crippen LogP contribution in [0.1, 0.15) is 39.0 Å². The topological polar surface area (TPSA) is 85.0 Å². The van der Waals surface area contributed by atoms with Crippen LogP contribution >= 0.6 is 15.9 Å². The zero-order valence-electron chi connectivity index (χ0n) is 17.7. The average Bonchev–Trinajstić information content (AvgIpc) is 3.20. The van der Waals surface area contributed by atoms with Gasteiger partial charge in [0.2, 0.25) is 6.04 Å². The van der Waals surface area contributed by atoms with E-state index in [9.17, 15) is 14.9 Å². The van der Waals surface area contributed by atoms with E-state index in [2.05, 4.69) is 21.0 Å². The van der Waals surface area contributed by atoms with Gasteiger partial charge in [0, 0.05) is 20.5 Å². The van der Waals surface area contributed by atoms with Gasteiger partial charge in [-0.25, -0.2) is 0 Å². The smallest absolute Gasteiger partial charge is 0.248 e. The number of fused-ring (bicyclic) bond motifs is 3. The van der Waals surface area contributed by atoms with E-state index in [0.29, 0.717) is 11.3 Å². The Balaban J connectivity index is 1.67. The first-order valence-electron chi connectivity index (χ1n) is 10.5. The predicted octanol–water partition coefficient (Wildman–Crippen LogP) is 4.84. The van der Waals surface area contributed by atoms with Crippen molar-refractivity contribution in [1.82, 2.24) is 5.01 Å². The third kappa shape index (κ3) is 3.60. The number of carbonyl (C=O) groups excluding carboxylic acids is 1. The summed E-state index contributed by atoms with van der Waals surface area (Å²) in [5.74, 6) is -0.263. The minimum Gasteiger partial charge on any atom is -0.497 e. The second-order valence-corrected chi connectivity index (χ2v) is 9.00. The van der Waals surface area contributed by atoms with Crippen LogP contribution in [0.5, 0.6) is 5.75 Å². The Morgan fingerprint density at radius 1 is 1.06 bits per heavy atom. The summed E-state index contributed by atoms with van der Waals surface area (Å²) < 4.78 is 6.07. The number of benzene rings is 3. The highest BCUT2D eigenvalue weighted by molar-refractivity contribution is 9.10. The van der Waals surface area contributed by atoms with Crippen molar-refractivity contribution >= 4 is 27.9 Å². The molecule has 166 valence electrons. The first kappa shape index (κ1) is 21.3. The molecule has 7 nitrogen and oxygen atoms in total. The molecular weight excluding hydrogens is 486 g/mol. The van der Waals surface area contributed by atoms with Gasteiger partial charge in [-0.2, -0.15) is 5.10 Å². The van der Waals surface area contributed by atoms with Crippen LogP contribution in [0.25, 0.3) is 0 Å². The standard InChI is InChI=1S/C25H20BrN3O4/c1-33-19-12-8-16(9-13-19)25(30)24-21(15-6-10-18(26)11-7-15)23(29(31)32)22-20-5-3-2-4-17(20)14-27-28(22)24/h2-14,21-24H,1H3/t21-,22-,23-,24-/m1/s1. The van der Waals surface area contributed by atoms with Gasteiger partial charge in [-0.15, -0.1) is 0 Å². The Kier molecular flexibility index (Phi) is 5.46. The van der Waals surface area contributed by atoms with Crippen molar-refractivity contribution in [2.45, 2.75) is 24.0 Å². The lowest BCUT2D eigenvalue weighted by atomic mass is 9.82. The van der Waals surface area contributed by atoms with Crippen LogP contribution in [0, 0.1) is 10.1 Å². The number of carbonyl (C=O) groups is 1. The fourth-order valence-corrected chi connectivity index (χ4v) is 5.16. The van der Waals surface area contributed by atoms with Crippen molar-refractivity contribution < 1.29 is 14.5 Å². The Morgan fingerprint density at radius 3 is 2.42 bits per heavy atom. The second kappa shape index (κ2) is 8.44. The number of hydrogen-bond acceptors (Lipinski definition) is 6. The van der Waals surface area contributed by atoms with Crippen LogP contribution in [0.2, 0.25) is 0 Å². The fraction of sp³-hybridized carbons (Fsp3) is 0.200. The van der Waals surface area contributed by atoms with Gasteiger partial charge in [-0.05, 0) is 47.5 Å². The van der Waals surface area contributed by atoms with Crippen molar-refractivity contribution in [3.8, 4) is 5.75 Å². The van der Waals surface area contributed by atoms with Crippen molar-refractivity contribution in [3.05, 3.63) is 110 Å². The Hall–Kier alpha value is -3.52. The molecule has 0 amide bonds. The quantitative estimate of drug-likeness (QED) is 0.281. The SMILES string of the molecule is COc1ccc(C(=O)[C@H]2[C@H](c3ccc(Br)cc3)[C@@H]([N+](=O)[O-])[C@H]3c4ccccc4C=NN32)cc1. The Bertz CT molecular complexity index is 1240. The molecule has 2 heterocycles. The first-order chi connectivity index (χ1) is 16.0. The molecule has 1 fully saturated rings. The lowest BCUT2D eigenvalue weighted by molar-refractivity contribution is -0.529. The van der Waals surface area contributed by atoms with Crippen LogP contribution in [0.4, 0.5) is 0 Å². The highest BCUT2D eigenvalue weighted by Crippen LogP contribution is 2.49. The van der Waals surface area contributed by atoms with Crippen LogP contribution < -0.4 is 4.74 Å². The molecule has 0 aromatic heterocycles. The second-order valence-electron chi connectivity index (χ2n) is 8.09. The van der Waals surface area contributed by atoms with Crippen molar-refractivity contribution in [1.29, 1.82) is 0 Å². The van der Waals surface area contributed by atoms with E-state index in [1.165, 1.54) is 0 Å². The average molecular weight is 506 g/mol. The summed E-state index contributed by atoms with van der Waals surface area (Å²) in [5.41, 5.74) is 2.83. The number of halogens is 1. The highest BCUT2D eigenvalue weighted by Gasteiger charge is 2.60. The minimum absolute atomic E-state index is 0.212. The zero-order valence-corrected chi connectivity index (χ0v) is 19.3. The van der Waals surface area contributed by atoms with E-state index in [-0.39, 0.29) is 10.7 Å². The van der Waals surface area contributed by atoms with Crippen molar-refractivity contribution in [2.24, 2.45) is 5.10 Å². The van der Waals surface area contributed by atoms with Gasteiger partial charge in [0.1, 0.15) is 17.8 Å². The summed E-state index contributed by atoms with van der Waals surface area (Å²) in [5, 5.41) is 18.7. The number of nitro groups is 1. The molecule has 0 unspecified atom stereocenters. The molecule has 2 aliphatic rings. The molecule has 5 rings (SSSR count). The molecule has 3 aromatic rings. The number of methoxy groups -OCH3 is 1. The van der Waals surface area contributed by atoms with E-state index < -0.39 is 24.0 Å². The maximum absolute atomic E-state index is 13.8. The lowest BCUT2D eigenvalue weighted by Crippen LogP contribution is -2.38. The molecule has 2 aliphatic heterocycles. The van der Waals surface area contributed by atoms with Gasteiger partial charge in [-0.3, -0.25) is 19.9 Å². The molecule has 0 radical (unpaired) electrons. The molecule has 0 bridgehead atoms. The van der Waals surface area contributed by atoms with Gasteiger partial charge >= 0.3 is 0 Å². The minimum atomic E-state index is -1.04. The van der Waals surface area contributed by atoms with Gasteiger partial charge in [0.05, 0.1) is 19.2 Å². The lowest BCUT2D eigenvalue weighted by Gasteiger charge is -2.30. The third-order valence-corrected chi connectivity index (χ3v) is 6.92. The van der Waals surface area contributed by atoms with Crippen LogP contribution in [0.15, 0.2) is 82.4 Å². The van der Waals surface area contributed by atoms with E-state index in [4.69, 9.17) is 4.74 Å². The summed E-state index contributed by atoms with van der Waals surface area (Å²) in [6.07, 6.45) is 1.68. The molecule has 0 spiro atoms. The molecule has 3 aromatic carbocycles. The van der Waals surface area contributed by atoms with Crippen LogP contribution in [-0.4, -0.2) is 41.1 Å². The van der Waals surface area contributed by atoms with E-state index in [1.54, 1.807) is 42.6 Å². The summed E-state index contributed by atoms with van der Waals surface area (Å²) in [6.45, 7) is 0. The molecule has 33 heavy (non-hydrogen) atoms. The number of ketones is 1. The maximum atomic E-state index is 13.8. The molecule has 0 N–H and O–H groups in total. The van der Waals surface area contributed by atoms with E-state index in [1.807, 2.05) is 48.5 Å². The van der Waals surface area contributed by atoms with Crippen molar-refractivity contribution in [2.75, 3.05) is 7.11 Å². The summed E-state index contributed by atoms with van der Waals surface area (Å²) >= 11 is 3.43. The maximum Gasteiger partial charge on any atom is 0.248 e. The highest BCUT2D eigenvalue weighted by atomic mass is 79.9. The molecule has 0 saturated carbocycles. The fourth-order valence-electron chi connectivity index (χ4n) is 4.89. The molecular formula is C25H20BrN3O4. The van der Waals surface area contributed by atoms with Gasteiger partial charge < -0.3 is 4.74 Å². The molecule has 4 atom stereocenters. The summed E-state index contributed by atoms with van der Waals surface area (Å²) in [4.78, 5) is 26.1. The van der Waals surface area contributed by atoms with Crippen LogP contribution in [-0.2, 0) is 0 Å². The predicted molar refractivity (Wildman–Crippen MR) is 127 cm³/mol. The Labute approximate surface area is 199 Å². The monoisotopic (exact) mass is 505 g/mol. The van der Waals surface area contributed by atoms with Crippen molar-refractivity contribution in [3.63, 3.8) is 0 Å². The normalized spacial score (nSPS) is 23.0. The van der Waals surface area contributed by atoms with Gasteiger partial charge in [0.25, 0.3) is 0 Å². The largest absolute Gasteiger partial charge is 0.497 e. The summed E-state index contributed by atoms with van der Waals surface area (Å²) in [7, 11) is 1.56. The van der Waals surface area contributed by atoms with E-state index >= 15 is 0 Å². The number of nitrogens with zero attached hydrogens (tertiary/aromatic N) is 3. The molecule has 8 heteroatoms. The number of rotatable bonds is 5. The zero-order chi connectivity index (χ0) is 23.1. The number of ether oxygens (including phenoxy) is 1. The summed E-state index contributed by atoms with van der Waals surface area (Å²) in [6, 6.07) is 19.2. The first-order valence-corrected chi connectivity index (χ1v) is 11.3. The van der Waals surface area contributed by atoms with Gasteiger partial charge in [0.15, 0.2) is 5.78 Å². The Morgan fingerprint density at radius 2 is 1.76 bits per heavy atom. The number of hydrazone groups is 1. The van der Waals surface area contributed by atoms with E-state index in [0.717, 1.165) is 21.2 Å². The van der Waals surface area contributed by atoms with Gasteiger partial charge in [-0.1, -0.05) is 52.3 Å². The number of hydrogen-bond donors (Lipinski definition) is 0.